The largest absolute Gasteiger partial charge is 0.416 e. The molecule has 0 aromatic heterocycles. The van der Waals surface area contributed by atoms with Crippen LogP contribution in [-0.4, -0.2) is 32.0 Å². The maximum absolute atomic E-state index is 12.6. The second kappa shape index (κ2) is 12.0. The van der Waals surface area contributed by atoms with Gasteiger partial charge in [-0.05, 0) is 72.8 Å². The van der Waals surface area contributed by atoms with Crippen molar-refractivity contribution in [3.63, 3.8) is 0 Å². The van der Waals surface area contributed by atoms with Crippen molar-refractivity contribution in [3.05, 3.63) is 78.4 Å². The molecule has 0 amide bonds. The number of nitrogens with zero attached hydrogens (tertiary/aromatic N) is 4. The quantitative estimate of drug-likeness (QED) is 0.306. The van der Waals surface area contributed by atoms with Crippen LogP contribution in [0.1, 0.15) is 5.56 Å². The lowest BCUT2D eigenvalue weighted by molar-refractivity contribution is -0.137. The number of ether oxygens (including phenoxy) is 1. The summed E-state index contributed by atoms with van der Waals surface area (Å²) in [7, 11) is 1.60. The second-order valence-corrected chi connectivity index (χ2v) is 7.39. The highest BCUT2D eigenvalue weighted by atomic mass is 19.4. The van der Waals surface area contributed by atoms with Gasteiger partial charge < -0.3 is 15.2 Å². The summed E-state index contributed by atoms with van der Waals surface area (Å²) in [6.07, 6.45) is -4.38. The van der Waals surface area contributed by atoms with Crippen LogP contribution < -0.4 is 5.32 Å². The first kappa shape index (κ1) is 25.0. The van der Waals surface area contributed by atoms with E-state index in [0.717, 1.165) is 17.8 Å². The molecular weight excluding hydrogens is 447 g/mol. The zero-order chi connectivity index (χ0) is 24.4. The van der Waals surface area contributed by atoms with Crippen molar-refractivity contribution >= 4 is 28.4 Å². The normalized spacial score (nSPS) is 13.0. The van der Waals surface area contributed by atoms with E-state index in [-0.39, 0.29) is 12.5 Å². The number of hydrogen-bond donors (Lipinski definition) is 2. The Balaban J connectivity index is 1.54. The van der Waals surface area contributed by atoms with Gasteiger partial charge in [0.2, 0.25) is 0 Å². The number of nitrogens with one attached hydrogen (secondary N) is 1. The molecule has 3 rings (SSSR count). The minimum atomic E-state index is -4.38. The number of rotatable bonds is 10. The van der Waals surface area contributed by atoms with Gasteiger partial charge in [-0.1, -0.05) is 0 Å². The minimum absolute atomic E-state index is 0.0156. The van der Waals surface area contributed by atoms with Crippen molar-refractivity contribution < 1.29 is 23.0 Å². The molecule has 0 fully saturated rings. The molecule has 178 valence electrons. The van der Waals surface area contributed by atoms with Crippen LogP contribution in [0.4, 0.5) is 41.6 Å². The Bertz CT molecular complexity index is 1080. The van der Waals surface area contributed by atoms with E-state index in [9.17, 15) is 18.3 Å². The predicted molar refractivity (Wildman–Crippen MR) is 124 cm³/mol. The summed E-state index contributed by atoms with van der Waals surface area (Å²) in [5, 5.41) is 28.9. The van der Waals surface area contributed by atoms with Gasteiger partial charge in [0, 0.05) is 31.9 Å². The topological polar surface area (TPSA) is 90.9 Å². The van der Waals surface area contributed by atoms with Gasteiger partial charge in [0.25, 0.3) is 0 Å². The molecule has 7 nitrogen and oxygen atoms in total. The lowest BCUT2D eigenvalue weighted by Crippen LogP contribution is -2.22. The first-order valence-corrected chi connectivity index (χ1v) is 10.4. The molecule has 0 heterocycles. The molecule has 0 aliphatic heterocycles. The number of methoxy groups -OCH3 is 1. The van der Waals surface area contributed by atoms with Gasteiger partial charge in [-0.3, -0.25) is 0 Å². The van der Waals surface area contributed by atoms with Gasteiger partial charge in [-0.15, -0.1) is 0 Å². The first-order chi connectivity index (χ1) is 16.4. The van der Waals surface area contributed by atoms with Gasteiger partial charge in [0.05, 0.1) is 34.9 Å². The van der Waals surface area contributed by atoms with Crippen molar-refractivity contribution in [1.82, 2.24) is 0 Å². The Morgan fingerprint density at radius 2 is 1.18 bits per heavy atom. The first-order valence-electron chi connectivity index (χ1n) is 10.4. The summed E-state index contributed by atoms with van der Waals surface area (Å²) in [5.41, 5.74) is 2.30. The molecule has 1 unspecified atom stereocenters. The molecule has 0 radical (unpaired) electrons. The van der Waals surface area contributed by atoms with Crippen LogP contribution >= 0.6 is 0 Å². The van der Waals surface area contributed by atoms with Crippen LogP contribution in [0.5, 0.6) is 0 Å². The van der Waals surface area contributed by atoms with E-state index >= 15 is 0 Å². The molecule has 0 aliphatic carbocycles. The maximum Gasteiger partial charge on any atom is 0.416 e. The molecule has 2 N–H and O–H groups in total. The van der Waals surface area contributed by atoms with E-state index in [0.29, 0.717) is 35.9 Å². The number of halogens is 3. The molecule has 3 aromatic rings. The third kappa shape index (κ3) is 7.75. The average molecular weight is 471 g/mol. The van der Waals surface area contributed by atoms with E-state index in [1.165, 1.54) is 12.1 Å². The number of benzene rings is 3. The monoisotopic (exact) mass is 471 g/mol. The third-order valence-corrected chi connectivity index (χ3v) is 4.73. The zero-order valence-corrected chi connectivity index (χ0v) is 18.4. The Hall–Kier alpha value is -3.63. The molecule has 0 saturated heterocycles. The van der Waals surface area contributed by atoms with Gasteiger partial charge in [0.1, 0.15) is 0 Å². The summed E-state index contributed by atoms with van der Waals surface area (Å²) in [4.78, 5) is 0. The van der Waals surface area contributed by atoms with Crippen molar-refractivity contribution in [2.24, 2.45) is 26.4 Å². The molecular formula is C24H24F3N5O2. The van der Waals surface area contributed by atoms with E-state index < -0.39 is 11.7 Å². The van der Waals surface area contributed by atoms with Crippen molar-refractivity contribution in [2.45, 2.75) is 6.18 Å². The standard InChI is InChI=1S/C24H24F3N5O2/c1-34-16-17(15-33)14-28-19-6-8-21(9-7-19)30-32-23-12-10-22(11-13-23)31-29-20-4-2-18(3-5-20)24(25,26)27/h2-13,17,28,33H,14-16H2,1H3. The van der Waals surface area contributed by atoms with Crippen LogP contribution in [0.25, 0.3) is 0 Å². The Kier molecular flexibility index (Phi) is 8.83. The van der Waals surface area contributed by atoms with E-state index in [1.807, 2.05) is 24.3 Å². The summed E-state index contributed by atoms with van der Waals surface area (Å²) in [6, 6.07) is 18.7. The fourth-order valence-corrected chi connectivity index (χ4v) is 2.85. The predicted octanol–water partition coefficient (Wildman–Crippen LogP) is 7.20. The highest BCUT2D eigenvalue weighted by molar-refractivity contribution is 5.52. The zero-order valence-electron chi connectivity index (χ0n) is 18.4. The van der Waals surface area contributed by atoms with E-state index in [4.69, 9.17) is 4.74 Å². The van der Waals surface area contributed by atoms with E-state index in [1.54, 1.807) is 31.4 Å². The smallest absolute Gasteiger partial charge is 0.396 e. The molecule has 0 saturated carbocycles. The molecule has 0 bridgehead atoms. The number of alkyl halides is 3. The van der Waals surface area contributed by atoms with Crippen molar-refractivity contribution in [3.8, 4) is 0 Å². The van der Waals surface area contributed by atoms with Crippen molar-refractivity contribution in [2.75, 3.05) is 32.2 Å². The van der Waals surface area contributed by atoms with Gasteiger partial charge in [-0.25, -0.2) is 0 Å². The highest BCUT2D eigenvalue weighted by Gasteiger charge is 2.29. The molecule has 0 spiro atoms. The fraction of sp³-hybridized carbons (Fsp3) is 0.250. The second-order valence-electron chi connectivity index (χ2n) is 7.39. The van der Waals surface area contributed by atoms with Gasteiger partial charge in [-0.2, -0.15) is 33.6 Å². The summed E-state index contributed by atoms with van der Waals surface area (Å²) < 4.78 is 42.9. The van der Waals surface area contributed by atoms with Gasteiger partial charge >= 0.3 is 6.18 Å². The van der Waals surface area contributed by atoms with Crippen LogP contribution in [0.2, 0.25) is 0 Å². The van der Waals surface area contributed by atoms with Gasteiger partial charge in [0.15, 0.2) is 0 Å². The number of aliphatic hydroxyl groups is 1. The lowest BCUT2D eigenvalue weighted by atomic mass is 10.1. The molecule has 0 aliphatic rings. The molecule has 34 heavy (non-hydrogen) atoms. The van der Waals surface area contributed by atoms with Crippen LogP contribution in [0, 0.1) is 5.92 Å². The summed E-state index contributed by atoms with van der Waals surface area (Å²) >= 11 is 0. The molecule has 10 heteroatoms. The maximum atomic E-state index is 12.6. The lowest BCUT2D eigenvalue weighted by Gasteiger charge is -2.14. The Labute approximate surface area is 195 Å². The number of aliphatic hydroxyl groups excluding tert-OH is 1. The van der Waals surface area contributed by atoms with Crippen LogP contribution in [0.15, 0.2) is 93.3 Å². The number of anilines is 1. The summed E-state index contributed by atoms with van der Waals surface area (Å²) in [6.45, 7) is 1.11. The Morgan fingerprint density at radius 3 is 1.56 bits per heavy atom. The molecule has 1 atom stereocenters. The Morgan fingerprint density at radius 1 is 0.765 bits per heavy atom. The SMILES string of the molecule is COCC(CO)CNc1ccc(N=Nc2ccc(N=Nc3ccc(C(F)(F)F)cc3)cc2)cc1. The summed E-state index contributed by atoms with van der Waals surface area (Å²) in [5.74, 6) is 0.0156. The number of hydrogen-bond acceptors (Lipinski definition) is 7. The van der Waals surface area contributed by atoms with Crippen LogP contribution in [0.3, 0.4) is 0 Å². The van der Waals surface area contributed by atoms with E-state index in [2.05, 4.69) is 25.8 Å². The highest BCUT2D eigenvalue weighted by Crippen LogP contribution is 2.31. The fourth-order valence-electron chi connectivity index (χ4n) is 2.85. The van der Waals surface area contributed by atoms with Crippen molar-refractivity contribution in [1.29, 1.82) is 0 Å². The minimum Gasteiger partial charge on any atom is -0.396 e. The van der Waals surface area contributed by atoms with Crippen LogP contribution in [-0.2, 0) is 10.9 Å². The molecule has 3 aromatic carbocycles. The third-order valence-electron chi connectivity index (χ3n) is 4.73. The average Bonchev–Trinajstić information content (AvgIpc) is 2.85. The number of azo groups is 2.